The minimum absolute atomic E-state index is 0.328. The minimum atomic E-state index is 0.328. The predicted molar refractivity (Wildman–Crippen MR) is 68.2 cm³/mol. The Bertz CT molecular complexity index is 289. The van der Waals surface area contributed by atoms with Crippen molar-refractivity contribution < 1.29 is 0 Å². The van der Waals surface area contributed by atoms with Gasteiger partial charge in [-0.3, -0.25) is 9.98 Å². The fourth-order valence-corrected chi connectivity index (χ4v) is 2.20. The van der Waals surface area contributed by atoms with E-state index in [9.17, 15) is 0 Å². The number of nitrogens with one attached hydrogen (secondary N) is 1. The summed E-state index contributed by atoms with van der Waals surface area (Å²) >= 11 is 0. The van der Waals surface area contributed by atoms with Gasteiger partial charge in [0.25, 0.3) is 0 Å². The van der Waals surface area contributed by atoms with Crippen molar-refractivity contribution in [3.8, 4) is 0 Å². The van der Waals surface area contributed by atoms with Crippen LogP contribution in [0.25, 0.3) is 0 Å². The third kappa shape index (κ3) is 2.92. The average molecular weight is 220 g/mol. The second kappa shape index (κ2) is 5.80. The monoisotopic (exact) mass is 220 g/mol. The first-order valence-corrected chi connectivity index (χ1v) is 6.04. The third-order valence-electron chi connectivity index (χ3n) is 3.12. The van der Waals surface area contributed by atoms with Crippen LogP contribution in [0.4, 0.5) is 0 Å². The van der Waals surface area contributed by atoms with Crippen LogP contribution in [0, 0.1) is 0 Å². The van der Waals surface area contributed by atoms with E-state index in [4.69, 9.17) is 0 Å². The van der Waals surface area contributed by atoms with Gasteiger partial charge in [0, 0.05) is 18.5 Å². The van der Waals surface area contributed by atoms with Crippen LogP contribution in [0.2, 0.25) is 0 Å². The van der Waals surface area contributed by atoms with Crippen molar-refractivity contribution in [2.24, 2.45) is 9.98 Å². The summed E-state index contributed by atoms with van der Waals surface area (Å²) in [6.07, 6.45) is 10.2. The van der Waals surface area contributed by atoms with Crippen LogP contribution < -0.4 is 5.32 Å². The van der Waals surface area contributed by atoms with Gasteiger partial charge in [-0.15, -0.1) is 0 Å². The number of nitrogens with zero attached hydrogens (tertiary/aromatic N) is 3. The summed E-state index contributed by atoms with van der Waals surface area (Å²) in [5, 5.41) is 3.39. The molecule has 2 rings (SSSR count). The molecular weight excluding hydrogens is 200 g/mol. The summed E-state index contributed by atoms with van der Waals surface area (Å²) in [5.41, 5.74) is 0. The standard InChI is InChI=1S/C12H20N4/c1-11-9-14-5-2-6-15-10-16(11)12-3-7-13-8-4-12/h2,5,9-13H,3-4,6-8H2,1H3/b5-2-,14-9?,15-10?. The molecule has 1 unspecified atom stereocenters. The van der Waals surface area contributed by atoms with Crippen molar-refractivity contribution in [3.63, 3.8) is 0 Å². The van der Waals surface area contributed by atoms with Crippen molar-refractivity contribution in [1.29, 1.82) is 0 Å². The molecule has 0 amide bonds. The summed E-state index contributed by atoms with van der Waals surface area (Å²) < 4.78 is 0. The highest BCUT2D eigenvalue weighted by Crippen LogP contribution is 2.13. The highest BCUT2D eigenvalue weighted by Gasteiger charge is 2.22. The maximum atomic E-state index is 4.41. The number of hydrogen-bond donors (Lipinski definition) is 1. The molecule has 0 aromatic heterocycles. The molecule has 4 nitrogen and oxygen atoms in total. The molecule has 0 aliphatic carbocycles. The molecule has 2 heterocycles. The Morgan fingerprint density at radius 3 is 2.94 bits per heavy atom. The van der Waals surface area contributed by atoms with Crippen LogP contribution in [0.15, 0.2) is 22.3 Å². The molecule has 16 heavy (non-hydrogen) atoms. The molecule has 1 atom stereocenters. The SMILES string of the molecule is CC1C=N/C=C\CN=CN1C1CCNCC1. The first kappa shape index (κ1) is 11.3. The van der Waals surface area contributed by atoms with E-state index < -0.39 is 0 Å². The van der Waals surface area contributed by atoms with E-state index >= 15 is 0 Å². The van der Waals surface area contributed by atoms with Gasteiger partial charge in [0.15, 0.2) is 0 Å². The molecular formula is C12H20N4. The van der Waals surface area contributed by atoms with E-state index in [0.717, 1.165) is 19.6 Å². The van der Waals surface area contributed by atoms with Gasteiger partial charge >= 0.3 is 0 Å². The first-order valence-electron chi connectivity index (χ1n) is 6.04. The van der Waals surface area contributed by atoms with Crippen molar-refractivity contribution in [2.45, 2.75) is 31.8 Å². The van der Waals surface area contributed by atoms with Gasteiger partial charge in [0.05, 0.1) is 18.9 Å². The van der Waals surface area contributed by atoms with Crippen molar-refractivity contribution in [2.75, 3.05) is 19.6 Å². The molecule has 2 aliphatic heterocycles. The molecule has 0 aromatic rings. The lowest BCUT2D eigenvalue weighted by Crippen LogP contribution is -2.47. The normalized spacial score (nSPS) is 29.6. The van der Waals surface area contributed by atoms with Crippen LogP contribution >= 0.6 is 0 Å². The molecule has 1 N–H and O–H groups in total. The zero-order chi connectivity index (χ0) is 11.2. The summed E-state index contributed by atoms with van der Waals surface area (Å²) in [7, 11) is 0. The summed E-state index contributed by atoms with van der Waals surface area (Å²) in [6, 6.07) is 0.930. The molecule has 0 radical (unpaired) electrons. The topological polar surface area (TPSA) is 40.0 Å². The Kier molecular flexibility index (Phi) is 4.10. The van der Waals surface area contributed by atoms with Gasteiger partial charge in [0.2, 0.25) is 0 Å². The van der Waals surface area contributed by atoms with Crippen molar-refractivity contribution >= 4 is 12.6 Å². The number of hydrogen-bond acceptors (Lipinski definition) is 4. The number of piperidine rings is 1. The molecule has 0 spiro atoms. The second-order valence-corrected chi connectivity index (χ2v) is 4.33. The summed E-state index contributed by atoms with van der Waals surface area (Å²) in [5.74, 6) is 0. The van der Waals surface area contributed by atoms with Crippen LogP contribution in [-0.4, -0.2) is 49.2 Å². The quantitative estimate of drug-likeness (QED) is 0.717. The smallest absolute Gasteiger partial charge is 0.0861 e. The Labute approximate surface area is 97.2 Å². The van der Waals surface area contributed by atoms with Gasteiger partial charge < -0.3 is 10.2 Å². The van der Waals surface area contributed by atoms with Crippen LogP contribution in [0.5, 0.6) is 0 Å². The molecule has 88 valence electrons. The maximum Gasteiger partial charge on any atom is 0.0861 e. The Hall–Kier alpha value is -1.16. The zero-order valence-electron chi connectivity index (χ0n) is 9.84. The van der Waals surface area contributed by atoms with E-state index in [2.05, 4.69) is 27.1 Å². The fraction of sp³-hybridized carbons (Fsp3) is 0.667. The van der Waals surface area contributed by atoms with E-state index in [1.165, 1.54) is 12.8 Å². The van der Waals surface area contributed by atoms with Crippen LogP contribution in [-0.2, 0) is 0 Å². The molecule has 0 bridgehead atoms. The molecule has 0 aromatic carbocycles. The van der Waals surface area contributed by atoms with Gasteiger partial charge in [-0.2, -0.15) is 0 Å². The molecule has 1 fully saturated rings. The predicted octanol–water partition coefficient (Wildman–Crippen LogP) is 1.06. The number of rotatable bonds is 1. The van der Waals surface area contributed by atoms with Gasteiger partial charge in [-0.25, -0.2) is 0 Å². The van der Waals surface area contributed by atoms with Crippen molar-refractivity contribution in [3.05, 3.63) is 12.3 Å². The lowest BCUT2D eigenvalue weighted by atomic mass is 10.0. The Morgan fingerprint density at radius 1 is 1.31 bits per heavy atom. The second-order valence-electron chi connectivity index (χ2n) is 4.33. The summed E-state index contributed by atoms with van der Waals surface area (Å²) in [6.45, 7) is 5.12. The largest absolute Gasteiger partial charge is 0.352 e. The average Bonchev–Trinajstić information content (AvgIpc) is 2.43. The van der Waals surface area contributed by atoms with E-state index in [0.29, 0.717) is 12.1 Å². The highest BCUT2D eigenvalue weighted by molar-refractivity contribution is 5.70. The first-order chi connectivity index (χ1) is 7.88. The van der Waals surface area contributed by atoms with Crippen molar-refractivity contribution in [1.82, 2.24) is 10.2 Å². The van der Waals surface area contributed by atoms with Gasteiger partial charge in [-0.05, 0) is 38.9 Å². The van der Waals surface area contributed by atoms with Crippen LogP contribution in [0.1, 0.15) is 19.8 Å². The molecule has 2 aliphatic rings. The lowest BCUT2D eigenvalue weighted by molar-refractivity contribution is 0.247. The molecule has 0 saturated carbocycles. The fourth-order valence-electron chi connectivity index (χ4n) is 2.20. The molecule has 1 saturated heterocycles. The lowest BCUT2D eigenvalue weighted by Gasteiger charge is -2.36. The van der Waals surface area contributed by atoms with E-state index in [1.54, 1.807) is 0 Å². The maximum absolute atomic E-state index is 4.41. The Balaban J connectivity index is 2.06. The van der Waals surface area contributed by atoms with Crippen LogP contribution in [0.3, 0.4) is 0 Å². The third-order valence-corrected chi connectivity index (χ3v) is 3.12. The zero-order valence-corrected chi connectivity index (χ0v) is 9.84. The number of aliphatic imine (C=N–C) groups is 2. The van der Waals surface area contributed by atoms with E-state index in [-0.39, 0.29) is 0 Å². The minimum Gasteiger partial charge on any atom is -0.352 e. The molecule has 4 heteroatoms. The highest BCUT2D eigenvalue weighted by atomic mass is 15.2. The Morgan fingerprint density at radius 2 is 2.12 bits per heavy atom. The van der Waals surface area contributed by atoms with Gasteiger partial charge in [0.1, 0.15) is 0 Å². The van der Waals surface area contributed by atoms with Gasteiger partial charge in [-0.1, -0.05) is 0 Å². The van der Waals surface area contributed by atoms with E-state index in [1.807, 2.05) is 24.8 Å². The summed E-state index contributed by atoms with van der Waals surface area (Å²) in [4.78, 5) is 11.0.